The molecule has 1 fully saturated rings. The average molecular weight is 386 g/mol. The summed E-state index contributed by atoms with van der Waals surface area (Å²) in [5.74, 6) is 0.0713. The topological polar surface area (TPSA) is 32.3 Å². The van der Waals surface area contributed by atoms with Gasteiger partial charge in [0.1, 0.15) is 0 Å². The molecular weight excluding hydrogens is 363 g/mol. The zero-order valence-electron chi connectivity index (χ0n) is 12.1. The molecule has 0 radical (unpaired) electrons. The van der Waals surface area contributed by atoms with Gasteiger partial charge in [-0.05, 0) is 60.5 Å². The summed E-state index contributed by atoms with van der Waals surface area (Å²) in [6, 6.07) is 8.09. The zero-order chi connectivity index (χ0) is 14.4. The Kier molecular flexibility index (Phi) is 6.29. The molecule has 3 nitrogen and oxygen atoms in total. The summed E-state index contributed by atoms with van der Waals surface area (Å²) < 4.78 is 1.02. The molecule has 0 aromatic heterocycles. The molecule has 4 heteroatoms. The summed E-state index contributed by atoms with van der Waals surface area (Å²) in [6.07, 6.45) is 4.67. The largest absolute Gasteiger partial charge is 0.349 e. The van der Waals surface area contributed by atoms with Gasteiger partial charge in [-0.25, -0.2) is 0 Å². The molecule has 0 spiro atoms. The first-order valence-electron chi connectivity index (χ1n) is 7.48. The summed E-state index contributed by atoms with van der Waals surface area (Å²) in [5, 5.41) is 3.18. The lowest BCUT2D eigenvalue weighted by atomic mass is 10.0. The molecule has 0 aliphatic carbocycles. The first kappa shape index (κ1) is 15.8. The van der Waals surface area contributed by atoms with Crippen LogP contribution < -0.4 is 5.32 Å². The number of piperidine rings is 1. The molecule has 1 heterocycles. The summed E-state index contributed by atoms with van der Waals surface area (Å²) in [5.41, 5.74) is 0.793. The van der Waals surface area contributed by atoms with Crippen molar-refractivity contribution in [3.63, 3.8) is 0 Å². The second kappa shape index (κ2) is 7.98. The fraction of sp³-hybridized carbons (Fsp3) is 0.562. The van der Waals surface area contributed by atoms with Gasteiger partial charge in [-0.3, -0.25) is 4.79 Å². The number of carbonyl (C=O) groups excluding carboxylic acids is 1. The summed E-state index contributed by atoms with van der Waals surface area (Å²) in [6.45, 7) is 5.65. The Morgan fingerprint density at radius 2 is 2.05 bits per heavy atom. The van der Waals surface area contributed by atoms with Gasteiger partial charge in [-0.1, -0.05) is 25.5 Å². The van der Waals surface area contributed by atoms with Gasteiger partial charge in [0.2, 0.25) is 0 Å². The predicted molar refractivity (Wildman–Crippen MR) is 91.0 cm³/mol. The third kappa shape index (κ3) is 4.45. The van der Waals surface area contributed by atoms with Crippen molar-refractivity contribution in [2.24, 2.45) is 0 Å². The molecule has 2 rings (SSSR count). The molecule has 0 saturated carbocycles. The van der Waals surface area contributed by atoms with Crippen LogP contribution in [0.25, 0.3) is 0 Å². The van der Waals surface area contributed by atoms with Crippen molar-refractivity contribution in [2.75, 3.05) is 19.6 Å². The van der Waals surface area contributed by atoms with E-state index in [4.69, 9.17) is 0 Å². The maximum absolute atomic E-state index is 12.3. The number of amides is 1. The van der Waals surface area contributed by atoms with E-state index in [0.29, 0.717) is 6.04 Å². The van der Waals surface area contributed by atoms with E-state index in [1.165, 1.54) is 19.4 Å². The number of hydrogen-bond donors (Lipinski definition) is 1. The summed E-state index contributed by atoms with van der Waals surface area (Å²) >= 11 is 2.22. The average Bonchev–Trinajstić information content (AvgIpc) is 2.47. The van der Waals surface area contributed by atoms with E-state index in [9.17, 15) is 4.79 Å². The van der Waals surface area contributed by atoms with Crippen molar-refractivity contribution in [1.82, 2.24) is 10.2 Å². The molecule has 1 aliphatic heterocycles. The Bertz CT molecular complexity index is 442. The van der Waals surface area contributed by atoms with Gasteiger partial charge in [0.15, 0.2) is 0 Å². The van der Waals surface area contributed by atoms with Crippen LogP contribution in [0.1, 0.15) is 43.0 Å². The van der Waals surface area contributed by atoms with Crippen molar-refractivity contribution >= 4 is 28.5 Å². The SMILES string of the molecule is CCCCN1CCC(NC(=O)c2ccccc2I)CC1. The molecular formula is C16H23IN2O. The molecule has 0 atom stereocenters. The molecule has 110 valence electrons. The zero-order valence-corrected chi connectivity index (χ0v) is 14.2. The Hall–Kier alpha value is -0.620. The van der Waals surface area contributed by atoms with E-state index in [2.05, 4.69) is 39.7 Å². The minimum absolute atomic E-state index is 0.0713. The number of hydrogen-bond acceptors (Lipinski definition) is 2. The maximum atomic E-state index is 12.3. The maximum Gasteiger partial charge on any atom is 0.252 e. The van der Waals surface area contributed by atoms with Crippen LogP contribution in [0.15, 0.2) is 24.3 Å². The quantitative estimate of drug-likeness (QED) is 0.788. The third-order valence-electron chi connectivity index (χ3n) is 3.87. The smallest absolute Gasteiger partial charge is 0.252 e. The molecule has 1 N–H and O–H groups in total. The number of halogens is 1. The van der Waals surface area contributed by atoms with E-state index in [1.807, 2.05) is 24.3 Å². The summed E-state index contributed by atoms with van der Waals surface area (Å²) in [4.78, 5) is 14.8. The fourth-order valence-corrected chi connectivity index (χ4v) is 3.22. The lowest BCUT2D eigenvalue weighted by Crippen LogP contribution is -2.45. The molecule has 20 heavy (non-hydrogen) atoms. The minimum atomic E-state index is 0.0713. The van der Waals surface area contributed by atoms with Crippen LogP contribution in [0, 0.1) is 3.57 Å². The van der Waals surface area contributed by atoms with Crippen LogP contribution in [0.4, 0.5) is 0 Å². The van der Waals surface area contributed by atoms with Crippen LogP contribution in [0.5, 0.6) is 0 Å². The number of carbonyl (C=O) groups is 1. The highest BCUT2D eigenvalue weighted by molar-refractivity contribution is 14.1. The van der Waals surface area contributed by atoms with Gasteiger partial charge < -0.3 is 10.2 Å². The van der Waals surface area contributed by atoms with Crippen LogP contribution in [0.2, 0.25) is 0 Å². The lowest BCUT2D eigenvalue weighted by Gasteiger charge is -2.32. The normalized spacial score (nSPS) is 17.1. The van der Waals surface area contributed by atoms with E-state index >= 15 is 0 Å². The van der Waals surface area contributed by atoms with Crippen LogP contribution in [-0.2, 0) is 0 Å². The number of rotatable bonds is 5. The number of nitrogens with one attached hydrogen (secondary N) is 1. The number of likely N-dealkylation sites (tertiary alicyclic amines) is 1. The van der Waals surface area contributed by atoms with Crippen LogP contribution in [-0.4, -0.2) is 36.5 Å². The fourth-order valence-electron chi connectivity index (χ4n) is 2.59. The van der Waals surface area contributed by atoms with Gasteiger partial charge in [0, 0.05) is 22.7 Å². The lowest BCUT2D eigenvalue weighted by molar-refractivity contribution is 0.0910. The molecule has 1 aliphatic rings. The van der Waals surface area contributed by atoms with E-state index in [0.717, 1.165) is 35.1 Å². The van der Waals surface area contributed by atoms with Gasteiger partial charge in [0.05, 0.1) is 5.56 Å². The number of benzene rings is 1. The highest BCUT2D eigenvalue weighted by Crippen LogP contribution is 2.14. The molecule has 1 aromatic rings. The molecule has 1 aromatic carbocycles. The Balaban J connectivity index is 1.81. The van der Waals surface area contributed by atoms with Gasteiger partial charge in [-0.2, -0.15) is 0 Å². The summed E-state index contributed by atoms with van der Waals surface area (Å²) in [7, 11) is 0. The molecule has 0 unspecified atom stereocenters. The second-order valence-electron chi connectivity index (χ2n) is 5.42. The monoisotopic (exact) mass is 386 g/mol. The molecule has 0 bridgehead atoms. The Labute approximate surface area is 135 Å². The van der Waals surface area contributed by atoms with Crippen LogP contribution in [0.3, 0.4) is 0 Å². The standard InChI is InChI=1S/C16H23IN2O/c1-2-3-10-19-11-8-13(9-12-19)18-16(20)14-6-4-5-7-15(14)17/h4-7,13H,2-3,8-12H2,1H3,(H,18,20). The van der Waals surface area contributed by atoms with Crippen molar-refractivity contribution in [2.45, 2.75) is 38.6 Å². The third-order valence-corrected chi connectivity index (χ3v) is 4.81. The van der Waals surface area contributed by atoms with Crippen molar-refractivity contribution in [3.8, 4) is 0 Å². The van der Waals surface area contributed by atoms with Gasteiger partial charge in [-0.15, -0.1) is 0 Å². The first-order valence-corrected chi connectivity index (χ1v) is 8.56. The minimum Gasteiger partial charge on any atom is -0.349 e. The second-order valence-corrected chi connectivity index (χ2v) is 6.58. The number of unbranched alkanes of at least 4 members (excludes halogenated alkanes) is 1. The number of nitrogens with zero attached hydrogens (tertiary/aromatic N) is 1. The van der Waals surface area contributed by atoms with Crippen molar-refractivity contribution < 1.29 is 4.79 Å². The first-order chi connectivity index (χ1) is 9.70. The van der Waals surface area contributed by atoms with Gasteiger partial charge >= 0.3 is 0 Å². The molecule has 1 amide bonds. The van der Waals surface area contributed by atoms with E-state index in [-0.39, 0.29) is 5.91 Å². The Morgan fingerprint density at radius 3 is 2.70 bits per heavy atom. The highest BCUT2D eigenvalue weighted by Gasteiger charge is 2.21. The van der Waals surface area contributed by atoms with Gasteiger partial charge in [0.25, 0.3) is 5.91 Å². The van der Waals surface area contributed by atoms with E-state index < -0.39 is 0 Å². The van der Waals surface area contributed by atoms with Crippen molar-refractivity contribution in [3.05, 3.63) is 33.4 Å². The van der Waals surface area contributed by atoms with Crippen LogP contribution >= 0.6 is 22.6 Å². The predicted octanol–water partition coefficient (Wildman–Crippen LogP) is 3.29. The molecule has 1 saturated heterocycles. The highest BCUT2D eigenvalue weighted by atomic mass is 127. The Morgan fingerprint density at radius 1 is 1.35 bits per heavy atom. The van der Waals surface area contributed by atoms with E-state index in [1.54, 1.807) is 0 Å². The van der Waals surface area contributed by atoms with Crippen molar-refractivity contribution in [1.29, 1.82) is 0 Å².